The van der Waals surface area contributed by atoms with Crippen molar-refractivity contribution in [3.05, 3.63) is 29.6 Å². The van der Waals surface area contributed by atoms with Crippen molar-refractivity contribution in [3.63, 3.8) is 0 Å². The van der Waals surface area contributed by atoms with Crippen LogP contribution in [0.15, 0.2) is 18.2 Å². The first-order chi connectivity index (χ1) is 8.41. The van der Waals surface area contributed by atoms with E-state index in [2.05, 4.69) is 31.1 Å². The third kappa shape index (κ3) is 4.27. The van der Waals surface area contributed by atoms with Crippen LogP contribution in [0.3, 0.4) is 0 Å². The smallest absolute Gasteiger partial charge is 0.126 e. The summed E-state index contributed by atoms with van der Waals surface area (Å²) in [4.78, 5) is 2.24. The van der Waals surface area contributed by atoms with Gasteiger partial charge in [0, 0.05) is 36.8 Å². The predicted molar refractivity (Wildman–Crippen MR) is 72.2 cm³/mol. The second-order valence-electron chi connectivity index (χ2n) is 4.95. The summed E-state index contributed by atoms with van der Waals surface area (Å²) >= 11 is 0. The number of aromatic hydroxyl groups is 1. The number of nitrogens with zero attached hydrogens (tertiary/aromatic N) is 1. The number of phenols is 1. The van der Waals surface area contributed by atoms with E-state index in [-0.39, 0.29) is 11.8 Å². The summed E-state index contributed by atoms with van der Waals surface area (Å²) in [6.07, 6.45) is 0. The molecule has 0 saturated heterocycles. The number of likely N-dealkylation sites (N-methyl/N-ethyl adjacent to an activating group) is 1. The van der Waals surface area contributed by atoms with Gasteiger partial charge in [-0.1, -0.05) is 6.07 Å². The molecule has 1 aromatic carbocycles. The zero-order valence-corrected chi connectivity index (χ0v) is 11.6. The highest BCUT2D eigenvalue weighted by Crippen LogP contribution is 2.24. The second-order valence-corrected chi connectivity index (χ2v) is 4.95. The summed E-state index contributed by atoms with van der Waals surface area (Å²) < 4.78 is 12.9. The first-order valence-electron chi connectivity index (χ1n) is 6.34. The van der Waals surface area contributed by atoms with E-state index in [0.717, 1.165) is 24.7 Å². The second kappa shape index (κ2) is 6.71. The molecule has 18 heavy (non-hydrogen) atoms. The van der Waals surface area contributed by atoms with Gasteiger partial charge in [0.25, 0.3) is 0 Å². The summed E-state index contributed by atoms with van der Waals surface area (Å²) in [7, 11) is 2.08. The lowest BCUT2D eigenvalue weighted by Crippen LogP contribution is -2.34. The van der Waals surface area contributed by atoms with E-state index >= 15 is 0 Å². The molecule has 2 N–H and O–H groups in total. The molecule has 0 radical (unpaired) electrons. The minimum absolute atomic E-state index is 0.00571. The Kier molecular flexibility index (Phi) is 5.56. The van der Waals surface area contributed by atoms with Crippen molar-refractivity contribution < 1.29 is 9.50 Å². The lowest BCUT2D eigenvalue weighted by atomic mass is 10.1. The van der Waals surface area contributed by atoms with Crippen molar-refractivity contribution in [1.29, 1.82) is 0 Å². The summed E-state index contributed by atoms with van der Waals surface area (Å²) in [5.74, 6) is -0.407. The Morgan fingerprint density at radius 2 is 2.00 bits per heavy atom. The Morgan fingerprint density at radius 3 is 2.56 bits per heavy atom. The Morgan fingerprint density at radius 1 is 1.33 bits per heavy atom. The molecule has 102 valence electrons. The molecule has 1 aromatic rings. The van der Waals surface area contributed by atoms with Gasteiger partial charge < -0.3 is 15.3 Å². The zero-order chi connectivity index (χ0) is 13.7. The molecule has 0 bridgehead atoms. The van der Waals surface area contributed by atoms with E-state index < -0.39 is 5.82 Å². The minimum atomic E-state index is -0.414. The van der Waals surface area contributed by atoms with Gasteiger partial charge in [0.15, 0.2) is 0 Å². The standard InChI is InChI=1S/C14H23FN2O/c1-10(2)17(4)8-7-16-11(3)13-6-5-12(15)9-14(13)18/h5-6,9-11,16,18H,7-8H2,1-4H3. The molecule has 0 aliphatic heterocycles. The van der Waals surface area contributed by atoms with E-state index in [1.807, 2.05) is 6.92 Å². The molecular weight excluding hydrogens is 231 g/mol. The molecule has 0 heterocycles. The molecule has 4 heteroatoms. The lowest BCUT2D eigenvalue weighted by molar-refractivity contribution is 0.269. The van der Waals surface area contributed by atoms with Crippen LogP contribution in [-0.4, -0.2) is 36.2 Å². The van der Waals surface area contributed by atoms with Crippen molar-refractivity contribution in [2.45, 2.75) is 32.9 Å². The largest absolute Gasteiger partial charge is 0.508 e. The summed E-state index contributed by atoms with van der Waals surface area (Å²) in [5, 5.41) is 13.0. The summed E-state index contributed by atoms with van der Waals surface area (Å²) in [6, 6.07) is 4.66. The van der Waals surface area contributed by atoms with E-state index in [0.29, 0.717) is 6.04 Å². The van der Waals surface area contributed by atoms with Gasteiger partial charge in [0.05, 0.1) is 0 Å². The lowest BCUT2D eigenvalue weighted by Gasteiger charge is -2.23. The van der Waals surface area contributed by atoms with Gasteiger partial charge >= 0.3 is 0 Å². The number of phenolic OH excluding ortho intramolecular Hbond substituents is 1. The van der Waals surface area contributed by atoms with Crippen LogP contribution in [0.1, 0.15) is 32.4 Å². The van der Waals surface area contributed by atoms with Crippen LogP contribution in [0.4, 0.5) is 4.39 Å². The van der Waals surface area contributed by atoms with E-state index in [4.69, 9.17) is 0 Å². The SMILES string of the molecule is CC(NCCN(C)C(C)C)c1ccc(F)cc1O. The maximum atomic E-state index is 12.9. The molecule has 0 aromatic heterocycles. The number of benzene rings is 1. The molecule has 0 fully saturated rings. The first kappa shape index (κ1) is 14.9. The van der Waals surface area contributed by atoms with Gasteiger partial charge in [-0.3, -0.25) is 0 Å². The van der Waals surface area contributed by atoms with E-state index in [1.165, 1.54) is 6.07 Å². The molecule has 0 saturated carbocycles. The Hall–Kier alpha value is -1.13. The van der Waals surface area contributed by atoms with Crippen LogP contribution >= 0.6 is 0 Å². The molecule has 0 aliphatic rings. The fraction of sp³-hybridized carbons (Fsp3) is 0.571. The minimum Gasteiger partial charge on any atom is -0.508 e. The van der Waals surface area contributed by atoms with E-state index in [1.54, 1.807) is 6.07 Å². The van der Waals surface area contributed by atoms with Gasteiger partial charge in [0.1, 0.15) is 11.6 Å². The van der Waals surface area contributed by atoms with Crippen molar-refractivity contribution in [3.8, 4) is 5.75 Å². The molecule has 1 atom stereocenters. The Balaban J connectivity index is 2.48. The van der Waals surface area contributed by atoms with Gasteiger partial charge in [-0.05, 0) is 33.9 Å². The molecule has 3 nitrogen and oxygen atoms in total. The summed E-state index contributed by atoms with van der Waals surface area (Å²) in [5.41, 5.74) is 0.726. The molecular formula is C14H23FN2O. The topological polar surface area (TPSA) is 35.5 Å². The fourth-order valence-electron chi connectivity index (χ4n) is 1.71. The normalized spacial score (nSPS) is 13.3. The molecule has 1 rings (SSSR count). The number of hydrogen-bond donors (Lipinski definition) is 2. The van der Waals surface area contributed by atoms with Crippen LogP contribution in [0.2, 0.25) is 0 Å². The fourth-order valence-corrected chi connectivity index (χ4v) is 1.71. The van der Waals surface area contributed by atoms with Gasteiger partial charge in [-0.2, -0.15) is 0 Å². The van der Waals surface area contributed by atoms with E-state index in [9.17, 15) is 9.50 Å². The highest BCUT2D eigenvalue weighted by molar-refractivity contribution is 5.34. The van der Waals surface area contributed by atoms with Crippen LogP contribution in [0.5, 0.6) is 5.75 Å². The summed E-state index contributed by atoms with van der Waals surface area (Å²) in [6.45, 7) is 8.02. The molecule has 0 amide bonds. The van der Waals surface area contributed by atoms with Crippen molar-refractivity contribution in [1.82, 2.24) is 10.2 Å². The third-order valence-electron chi connectivity index (χ3n) is 3.26. The number of nitrogens with one attached hydrogen (secondary N) is 1. The van der Waals surface area contributed by atoms with Gasteiger partial charge in [-0.25, -0.2) is 4.39 Å². The van der Waals surface area contributed by atoms with Crippen LogP contribution in [-0.2, 0) is 0 Å². The van der Waals surface area contributed by atoms with Crippen LogP contribution < -0.4 is 5.32 Å². The third-order valence-corrected chi connectivity index (χ3v) is 3.26. The predicted octanol–water partition coefficient (Wildman–Crippen LogP) is 2.52. The Labute approximate surface area is 109 Å². The average molecular weight is 254 g/mol. The maximum Gasteiger partial charge on any atom is 0.126 e. The molecule has 1 unspecified atom stereocenters. The zero-order valence-electron chi connectivity index (χ0n) is 11.6. The highest BCUT2D eigenvalue weighted by atomic mass is 19.1. The molecule has 0 spiro atoms. The van der Waals surface area contributed by atoms with Gasteiger partial charge in [-0.15, -0.1) is 0 Å². The highest BCUT2D eigenvalue weighted by Gasteiger charge is 2.11. The Bertz CT molecular complexity index is 382. The maximum absolute atomic E-state index is 12.9. The monoisotopic (exact) mass is 254 g/mol. The number of rotatable bonds is 6. The number of halogens is 1. The first-order valence-corrected chi connectivity index (χ1v) is 6.34. The van der Waals surface area contributed by atoms with Crippen LogP contribution in [0.25, 0.3) is 0 Å². The number of hydrogen-bond acceptors (Lipinski definition) is 3. The van der Waals surface area contributed by atoms with Gasteiger partial charge in [0.2, 0.25) is 0 Å². The quantitative estimate of drug-likeness (QED) is 0.819. The van der Waals surface area contributed by atoms with Crippen molar-refractivity contribution in [2.24, 2.45) is 0 Å². The van der Waals surface area contributed by atoms with Crippen molar-refractivity contribution >= 4 is 0 Å². The van der Waals surface area contributed by atoms with Crippen molar-refractivity contribution in [2.75, 3.05) is 20.1 Å². The van der Waals surface area contributed by atoms with Crippen LogP contribution in [0, 0.1) is 5.82 Å². The average Bonchev–Trinajstić information content (AvgIpc) is 2.28. The molecule has 0 aliphatic carbocycles.